The van der Waals surface area contributed by atoms with Crippen LogP contribution in [-0.4, -0.2) is 24.5 Å². The Hall–Kier alpha value is -2.99. The van der Waals surface area contributed by atoms with Gasteiger partial charge in [-0.05, 0) is 37.3 Å². The minimum absolute atomic E-state index is 0.191. The van der Waals surface area contributed by atoms with Crippen molar-refractivity contribution in [2.45, 2.75) is 20.0 Å². The summed E-state index contributed by atoms with van der Waals surface area (Å²) < 4.78 is 17.5. The molecule has 2 aliphatic heterocycles. The lowest BCUT2D eigenvalue weighted by Crippen LogP contribution is -2.32. The molecule has 7 heteroatoms. The molecule has 0 saturated carbocycles. The van der Waals surface area contributed by atoms with Crippen LogP contribution in [0, 0.1) is 6.92 Å². The second-order valence-electron chi connectivity index (χ2n) is 8.01. The molecule has 3 aromatic rings. The second kappa shape index (κ2) is 8.75. The fourth-order valence-electron chi connectivity index (χ4n) is 4.25. The van der Waals surface area contributed by atoms with Gasteiger partial charge < -0.3 is 14.2 Å². The fraction of sp³-hybridized carbons (Fsp3) is 0.192. The number of methoxy groups -OCH3 is 1. The SMILES string of the molecule is COc1ccccc1CN1COc2c(cc3c(c2C)O/C(=C\c2c(Cl)cccc2Cl)C3=O)C1. The van der Waals surface area contributed by atoms with Crippen molar-refractivity contribution in [1.29, 1.82) is 0 Å². The number of ketones is 1. The summed E-state index contributed by atoms with van der Waals surface area (Å²) in [6.07, 6.45) is 1.60. The first kappa shape index (κ1) is 21.8. The van der Waals surface area contributed by atoms with E-state index in [2.05, 4.69) is 4.90 Å². The maximum atomic E-state index is 13.2. The third kappa shape index (κ3) is 3.97. The minimum atomic E-state index is -0.200. The van der Waals surface area contributed by atoms with Gasteiger partial charge >= 0.3 is 0 Å². The number of carbonyl (C=O) groups is 1. The molecule has 33 heavy (non-hydrogen) atoms. The van der Waals surface area contributed by atoms with Crippen molar-refractivity contribution in [3.63, 3.8) is 0 Å². The van der Waals surface area contributed by atoms with Crippen molar-refractivity contribution in [2.75, 3.05) is 13.8 Å². The summed E-state index contributed by atoms with van der Waals surface area (Å²) in [6.45, 7) is 3.65. The highest BCUT2D eigenvalue weighted by atomic mass is 35.5. The number of carbonyl (C=O) groups excluding carboxylic acids is 1. The number of benzene rings is 3. The highest BCUT2D eigenvalue weighted by Gasteiger charge is 2.34. The van der Waals surface area contributed by atoms with E-state index in [9.17, 15) is 4.79 Å². The van der Waals surface area contributed by atoms with Gasteiger partial charge in [-0.25, -0.2) is 0 Å². The van der Waals surface area contributed by atoms with Gasteiger partial charge in [-0.1, -0.05) is 47.5 Å². The summed E-state index contributed by atoms with van der Waals surface area (Å²) in [5.41, 5.74) is 3.90. The molecule has 0 bridgehead atoms. The highest BCUT2D eigenvalue weighted by Crippen LogP contribution is 2.44. The Kier molecular flexibility index (Phi) is 5.79. The third-order valence-corrected chi connectivity index (χ3v) is 6.52. The van der Waals surface area contributed by atoms with E-state index in [1.54, 1.807) is 31.4 Å². The van der Waals surface area contributed by atoms with E-state index in [4.69, 9.17) is 37.4 Å². The zero-order valence-electron chi connectivity index (χ0n) is 18.2. The van der Waals surface area contributed by atoms with E-state index in [0.717, 1.165) is 28.2 Å². The number of hydrogen-bond donors (Lipinski definition) is 0. The van der Waals surface area contributed by atoms with E-state index in [-0.39, 0.29) is 11.5 Å². The van der Waals surface area contributed by atoms with Gasteiger partial charge in [0.15, 0.2) is 5.76 Å². The Morgan fingerprint density at radius 2 is 1.85 bits per heavy atom. The molecular weight excluding hydrogens is 461 g/mol. The quantitative estimate of drug-likeness (QED) is 0.410. The van der Waals surface area contributed by atoms with E-state index in [1.807, 2.05) is 37.3 Å². The highest BCUT2D eigenvalue weighted by molar-refractivity contribution is 6.37. The monoisotopic (exact) mass is 481 g/mol. The maximum Gasteiger partial charge on any atom is 0.231 e. The van der Waals surface area contributed by atoms with Crippen LogP contribution >= 0.6 is 23.2 Å². The first-order valence-electron chi connectivity index (χ1n) is 10.5. The van der Waals surface area contributed by atoms with Crippen molar-refractivity contribution >= 4 is 35.1 Å². The number of Topliss-reactive ketones (excluding diaryl/α,β-unsaturated/α-hetero) is 1. The molecule has 0 N–H and O–H groups in total. The Morgan fingerprint density at radius 1 is 1.09 bits per heavy atom. The molecule has 0 aliphatic carbocycles. The van der Waals surface area contributed by atoms with E-state index >= 15 is 0 Å². The molecule has 2 heterocycles. The molecule has 0 saturated heterocycles. The Balaban J connectivity index is 1.44. The van der Waals surface area contributed by atoms with E-state index in [0.29, 0.717) is 46.7 Å². The summed E-state index contributed by atoms with van der Waals surface area (Å²) in [6, 6.07) is 15.0. The summed E-state index contributed by atoms with van der Waals surface area (Å²) in [5.74, 6) is 2.11. The van der Waals surface area contributed by atoms with Crippen LogP contribution in [0.25, 0.3) is 6.08 Å². The predicted molar refractivity (Wildman–Crippen MR) is 128 cm³/mol. The van der Waals surface area contributed by atoms with Crippen molar-refractivity contribution in [2.24, 2.45) is 0 Å². The molecule has 0 aromatic heterocycles. The smallest absolute Gasteiger partial charge is 0.231 e. The van der Waals surface area contributed by atoms with Crippen molar-refractivity contribution in [3.8, 4) is 17.2 Å². The van der Waals surface area contributed by atoms with Crippen LogP contribution in [-0.2, 0) is 13.1 Å². The van der Waals surface area contributed by atoms with Gasteiger partial charge in [-0.2, -0.15) is 0 Å². The van der Waals surface area contributed by atoms with Crippen molar-refractivity contribution in [3.05, 3.63) is 92.2 Å². The Morgan fingerprint density at radius 3 is 2.61 bits per heavy atom. The number of allylic oxidation sites excluding steroid dienone is 1. The average molecular weight is 482 g/mol. The molecule has 0 atom stereocenters. The van der Waals surface area contributed by atoms with Crippen LogP contribution in [0.2, 0.25) is 10.0 Å². The number of ether oxygens (including phenoxy) is 3. The van der Waals surface area contributed by atoms with Crippen LogP contribution < -0.4 is 14.2 Å². The van der Waals surface area contributed by atoms with Gasteiger partial charge in [0.25, 0.3) is 0 Å². The van der Waals surface area contributed by atoms with Gasteiger partial charge in [-0.3, -0.25) is 9.69 Å². The standard InChI is InChI=1S/C26H21Cl2NO4/c1-15-25-17(13-29(14-32-25)12-16-6-3-4-9-22(16)31-2)10-19-24(30)23(33-26(15)19)11-18-20(27)7-5-8-21(18)28/h3-11H,12-14H2,1-2H3/b23-11-. The van der Waals surface area contributed by atoms with E-state index in [1.165, 1.54) is 0 Å². The largest absolute Gasteiger partial charge is 0.496 e. The number of rotatable bonds is 4. The topological polar surface area (TPSA) is 48.0 Å². The zero-order chi connectivity index (χ0) is 23.1. The predicted octanol–water partition coefficient (Wildman–Crippen LogP) is 6.28. The number of para-hydroxylation sites is 1. The molecule has 5 rings (SSSR count). The summed E-state index contributed by atoms with van der Waals surface area (Å²) in [4.78, 5) is 15.3. The van der Waals surface area contributed by atoms with Crippen LogP contribution in [0.4, 0.5) is 0 Å². The van der Waals surface area contributed by atoms with Gasteiger partial charge in [0, 0.05) is 45.4 Å². The lowest BCUT2D eigenvalue weighted by atomic mass is 9.99. The molecular formula is C26H21Cl2NO4. The Labute approximate surface area is 202 Å². The van der Waals surface area contributed by atoms with Crippen LogP contribution in [0.15, 0.2) is 54.3 Å². The molecule has 0 spiro atoms. The first-order chi connectivity index (χ1) is 16.0. The van der Waals surface area contributed by atoms with Gasteiger partial charge in [0.05, 0.1) is 12.7 Å². The molecule has 3 aromatic carbocycles. The molecule has 0 radical (unpaired) electrons. The van der Waals surface area contributed by atoms with Gasteiger partial charge in [-0.15, -0.1) is 0 Å². The number of halogens is 2. The van der Waals surface area contributed by atoms with Crippen molar-refractivity contribution < 1.29 is 19.0 Å². The lowest BCUT2D eigenvalue weighted by molar-refractivity contribution is 0.0869. The number of nitrogens with zero attached hydrogens (tertiary/aromatic N) is 1. The second-order valence-corrected chi connectivity index (χ2v) is 8.83. The summed E-state index contributed by atoms with van der Waals surface area (Å²) >= 11 is 12.6. The minimum Gasteiger partial charge on any atom is -0.496 e. The third-order valence-electron chi connectivity index (χ3n) is 5.86. The van der Waals surface area contributed by atoms with Crippen LogP contribution in [0.5, 0.6) is 17.2 Å². The summed E-state index contributed by atoms with van der Waals surface area (Å²) in [7, 11) is 1.67. The maximum absolute atomic E-state index is 13.2. The molecule has 0 unspecified atom stereocenters. The Bertz CT molecular complexity index is 1280. The molecule has 0 fully saturated rings. The molecule has 0 amide bonds. The van der Waals surface area contributed by atoms with Crippen LogP contribution in [0.1, 0.15) is 32.6 Å². The lowest BCUT2D eigenvalue weighted by Gasteiger charge is -2.30. The van der Waals surface area contributed by atoms with Gasteiger partial charge in [0.1, 0.15) is 24.0 Å². The van der Waals surface area contributed by atoms with Crippen molar-refractivity contribution in [1.82, 2.24) is 4.90 Å². The molecule has 5 nitrogen and oxygen atoms in total. The zero-order valence-corrected chi connectivity index (χ0v) is 19.7. The van der Waals surface area contributed by atoms with E-state index < -0.39 is 0 Å². The number of fused-ring (bicyclic) bond motifs is 2. The molecule has 2 aliphatic rings. The fourth-order valence-corrected chi connectivity index (χ4v) is 4.76. The molecule has 168 valence electrons. The summed E-state index contributed by atoms with van der Waals surface area (Å²) in [5, 5.41) is 0.905. The average Bonchev–Trinajstić information content (AvgIpc) is 3.12. The normalized spacial score (nSPS) is 16.2. The van der Waals surface area contributed by atoms with Crippen LogP contribution in [0.3, 0.4) is 0 Å². The van der Waals surface area contributed by atoms with Gasteiger partial charge in [0.2, 0.25) is 5.78 Å². The first-order valence-corrected chi connectivity index (χ1v) is 11.2. The number of hydrogen-bond acceptors (Lipinski definition) is 5.